The van der Waals surface area contributed by atoms with Gasteiger partial charge in [0, 0.05) is 47.8 Å². The van der Waals surface area contributed by atoms with Crippen molar-refractivity contribution in [1.29, 1.82) is 0 Å². The Bertz CT molecular complexity index is 1110. The molecule has 1 aliphatic heterocycles. The molecule has 4 rings (SSSR count). The summed E-state index contributed by atoms with van der Waals surface area (Å²) in [7, 11) is 0. The number of carbonyl (C=O) groups excluding carboxylic acids is 2. The van der Waals surface area contributed by atoms with Crippen LogP contribution in [-0.4, -0.2) is 33.9 Å². The van der Waals surface area contributed by atoms with Gasteiger partial charge in [-0.25, -0.2) is 0 Å². The number of anilines is 1. The maximum atomic E-state index is 12.7. The molecule has 3 aromatic rings. The Balaban J connectivity index is 1.31. The number of aryl methyl sites for hydroxylation is 1. The van der Waals surface area contributed by atoms with Crippen molar-refractivity contribution in [3.05, 3.63) is 77.1 Å². The molecule has 2 aromatic carbocycles. The SMILES string of the molecule is Cc1nn(Cc2ccccc2)c(C)c1CNC(=O)CCC(=O)N1CCSc2ccccc21. The lowest BCUT2D eigenvalue weighted by Gasteiger charge is -2.29. The summed E-state index contributed by atoms with van der Waals surface area (Å²) in [6.07, 6.45) is 0.386. The highest BCUT2D eigenvalue weighted by molar-refractivity contribution is 7.99. The van der Waals surface area contributed by atoms with E-state index in [1.165, 1.54) is 5.56 Å². The maximum Gasteiger partial charge on any atom is 0.227 e. The van der Waals surface area contributed by atoms with Crippen molar-refractivity contribution < 1.29 is 9.59 Å². The van der Waals surface area contributed by atoms with Gasteiger partial charge in [-0.05, 0) is 31.5 Å². The van der Waals surface area contributed by atoms with Crippen LogP contribution in [0.1, 0.15) is 35.4 Å². The quantitative estimate of drug-likeness (QED) is 0.591. The van der Waals surface area contributed by atoms with Gasteiger partial charge in [0.25, 0.3) is 0 Å². The Morgan fingerprint density at radius 3 is 2.59 bits per heavy atom. The third kappa shape index (κ3) is 5.05. The standard InChI is InChI=1S/C25H28N4O2S/c1-18-21(19(2)29(27-18)17-20-8-4-3-5-9-20)16-26-24(30)12-13-25(31)28-14-15-32-23-11-7-6-10-22(23)28/h3-11H,12-17H2,1-2H3,(H,26,30). The average Bonchev–Trinajstić information content (AvgIpc) is 3.08. The van der Waals surface area contributed by atoms with Crippen LogP contribution in [0.25, 0.3) is 0 Å². The molecule has 0 fully saturated rings. The number of nitrogens with one attached hydrogen (secondary N) is 1. The monoisotopic (exact) mass is 448 g/mol. The summed E-state index contributed by atoms with van der Waals surface area (Å²) in [6, 6.07) is 18.1. The zero-order chi connectivity index (χ0) is 22.5. The maximum absolute atomic E-state index is 12.7. The summed E-state index contributed by atoms with van der Waals surface area (Å²) < 4.78 is 1.97. The Kier molecular flexibility index (Phi) is 6.95. The number of aromatic nitrogens is 2. The van der Waals surface area contributed by atoms with Crippen molar-refractivity contribution in [3.63, 3.8) is 0 Å². The van der Waals surface area contributed by atoms with E-state index in [1.807, 2.05) is 61.0 Å². The third-order valence-corrected chi connectivity index (χ3v) is 6.81. The van der Waals surface area contributed by atoms with Crippen LogP contribution in [0.2, 0.25) is 0 Å². The fourth-order valence-corrected chi connectivity index (χ4v) is 4.95. The predicted octanol–water partition coefficient (Wildman–Crippen LogP) is 4.08. The van der Waals surface area contributed by atoms with Crippen LogP contribution in [0, 0.1) is 13.8 Å². The van der Waals surface area contributed by atoms with Gasteiger partial charge in [-0.15, -0.1) is 11.8 Å². The summed E-state index contributed by atoms with van der Waals surface area (Å²) in [4.78, 5) is 28.1. The van der Waals surface area contributed by atoms with Crippen LogP contribution in [0.5, 0.6) is 0 Å². The lowest BCUT2D eigenvalue weighted by Crippen LogP contribution is -2.36. The zero-order valence-electron chi connectivity index (χ0n) is 18.5. The zero-order valence-corrected chi connectivity index (χ0v) is 19.3. The normalized spacial score (nSPS) is 13.0. The van der Waals surface area contributed by atoms with Gasteiger partial charge in [0.15, 0.2) is 0 Å². The second-order valence-electron chi connectivity index (χ2n) is 7.93. The molecule has 0 bridgehead atoms. The molecule has 0 saturated heterocycles. The second kappa shape index (κ2) is 10.0. The van der Waals surface area contributed by atoms with E-state index in [1.54, 1.807) is 16.7 Å². The first-order valence-electron chi connectivity index (χ1n) is 10.9. The van der Waals surface area contributed by atoms with Gasteiger partial charge >= 0.3 is 0 Å². The van der Waals surface area contributed by atoms with Gasteiger partial charge in [0.2, 0.25) is 11.8 Å². The molecule has 0 radical (unpaired) electrons. The van der Waals surface area contributed by atoms with E-state index in [9.17, 15) is 9.59 Å². The van der Waals surface area contributed by atoms with Gasteiger partial charge in [-0.3, -0.25) is 14.3 Å². The molecule has 2 amide bonds. The van der Waals surface area contributed by atoms with Crippen LogP contribution < -0.4 is 10.2 Å². The highest BCUT2D eigenvalue weighted by atomic mass is 32.2. The number of fused-ring (bicyclic) bond motifs is 1. The van der Waals surface area contributed by atoms with Crippen LogP contribution in [0.3, 0.4) is 0 Å². The van der Waals surface area contributed by atoms with Crippen LogP contribution in [-0.2, 0) is 22.7 Å². The molecule has 1 aliphatic rings. The van der Waals surface area contributed by atoms with E-state index in [-0.39, 0.29) is 24.7 Å². The topological polar surface area (TPSA) is 67.2 Å². The predicted molar refractivity (Wildman–Crippen MR) is 128 cm³/mol. The minimum absolute atomic E-state index is 0.00376. The molecular formula is C25H28N4O2S. The number of amides is 2. The third-order valence-electron chi connectivity index (χ3n) is 5.76. The average molecular weight is 449 g/mol. The summed E-state index contributed by atoms with van der Waals surface area (Å²) in [5, 5.41) is 7.61. The Labute approximate surface area is 193 Å². The van der Waals surface area contributed by atoms with E-state index in [0.717, 1.165) is 33.3 Å². The number of para-hydroxylation sites is 1. The molecular weight excluding hydrogens is 420 g/mol. The fraction of sp³-hybridized carbons (Fsp3) is 0.320. The van der Waals surface area contributed by atoms with Crippen LogP contribution >= 0.6 is 11.8 Å². The molecule has 1 aromatic heterocycles. The number of hydrogen-bond donors (Lipinski definition) is 1. The van der Waals surface area contributed by atoms with Gasteiger partial charge in [-0.2, -0.15) is 5.10 Å². The minimum Gasteiger partial charge on any atom is -0.352 e. The first-order chi connectivity index (χ1) is 15.5. The van der Waals surface area contributed by atoms with E-state index in [4.69, 9.17) is 0 Å². The lowest BCUT2D eigenvalue weighted by atomic mass is 10.1. The molecule has 166 valence electrons. The molecule has 0 spiro atoms. The number of benzene rings is 2. The molecule has 32 heavy (non-hydrogen) atoms. The second-order valence-corrected chi connectivity index (χ2v) is 9.07. The van der Waals surface area contributed by atoms with E-state index < -0.39 is 0 Å². The van der Waals surface area contributed by atoms with Crippen LogP contribution in [0.15, 0.2) is 59.5 Å². The summed E-state index contributed by atoms with van der Waals surface area (Å²) in [5.74, 6) is 0.754. The van der Waals surface area contributed by atoms with Gasteiger partial charge in [0.05, 0.1) is 17.9 Å². The number of rotatable bonds is 7. The smallest absolute Gasteiger partial charge is 0.227 e. The first kappa shape index (κ1) is 22.1. The largest absolute Gasteiger partial charge is 0.352 e. The molecule has 0 saturated carbocycles. The number of carbonyl (C=O) groups is 2. The Hall–Kier alpha value is -3.06. The Morgan fingerprint density at radius 1 is 1.03 bits per heavy atom. The fourth-order valence-electron chi connectivity index (χ4n) is 3.96. The van der Waals surface area contributed by atoms with Crippen molar-refractivity contribution in [2.75, 3.05) is 17.2 Å². The molecule has 1 N–H and O–H groups in total. The molecule has 0 atom stereocenters. The first-order valence-corrected chi connectivity index (χ1v) is 11.9. The summed E-state index contributed by atoms with van der Waals surface area (Å²) in [6.45, 7) is 5.79. The minimum atomic E-state index is -0.118. The molecule has 0 aliphatic carbocycles. The van der Waals surface area contributed by atoms with Crippen molar-refractivity contribution >= 4 is 29.3 Å². The molecule has 6 nitrogen and oxygen atoms in total. The number of thioether (sulfide) groups is 1. The van der Waals surface area contributed by atoms with E-state index in [0.29, 0.717) is 19.6 Å². The van der Waals surface area contributed by atoms with Gasteiger partial charge in [-0.1, -0.05) is 42.5 Å². The highest BCUT2D eigenvalue weighted by Gasteiger charge is 2.23. The lowest BCUT2D eigenvalue weighted by molar-refractivity contribution is -0.125. The van der Waals surface area contributed by atoms with Crippen molar-refractivity contribution in [2.45, 2.75) is 44.7 Å². The summed E-state index contributed by atoms with van der Waals surface area (Å²) >= 11 is 1.76. The van der Waals surface area contributed by atoms with Gasteiger partial charge < -0.3 is 10.2 Å². The van der Waals surface area contributed by atoms with Crippen molar-refractivity contribution in [1.82, 2.24) is 15.1 Å². The van der Waals surface area contributed by atoms with Gasteiger partial charge in [0.1, 0.15) is 0 Å². The Morgan fingerprint density at radius 2 is 1.78 bits per heavy atom. The molecule has 7 heteroatoms. The van der Waals surface area contributed by atoms with E-state index in [2.05, 4.69) is 22.5 Å². The number of nitrogens with zero attached hydrogens (tertiary/aromatic N) is 3. The molecule has 2 heterocycles. The van der Waals surface area contributed by atoms with Crippen molar-refractivity contribution in [3.8, 4) is 0 Å². The van der Waals surface area contributed by atoms with E-state index >= 15 is 0 Å². The number of hydrogen-bond acceptors (Lipinski definition) is 4. The van der Waals surface area contributed by atoms with Crippen LogP contribution in [0.4, 0.5) is 5.69 Å². The molecule has 0 unspecified atom stereocenters. The highest BCUT2D eigenvalue weighted by Crippen LogP contribution is 2.34. The summed E-state index contributed by atoms with van der Waals surface area (Å²) in [5.41, 5.74) is 5.13. The van der Waals surface area contributed by atoms with Crippen molar-refractivity contribution in [2.24, 2.45) is 0 Å².